The summed E-state index contributed by atoms with van der Waals surface area (Å²) in [6, 6.07) is 49.8. The predicted molar refractivity (Wildman–Crippen MR) is 259 cm³/mol. The van der Waals surface area contributed by atoms with Gasteiger partial charge in [0.2, 0.25) is 0 Å². The number of nitrogens with zero attached hydrogens (tertiary/aromatic N) is 6. The van der Waals surface area contributed by atoms with Gasteiger partial charge in [0.25, 0.3) is 5.69 Å². The van der Waals surface area contributed by atoms with Gasteiger partial charge in [-0.2, -0.15) is 10.2 Å². The molecule has 0 saturated heterocycles. The fourth-order valence-corrected chi connectivity index (χ4v) is 9.26. The number of nitro benzene ring substituents is 1. The van der Waals surface area contributed by atoms with Crippen LogP contribution in [0.25, 0.3) is 43.6 Å². The maximum Gasteiger partial charge on any atom is 0.269 e. The van der Waals surface area contributed by atoms with Crippen molar-refractivity contribution in [2.24, 2.45) is 10.2 Å². The van der Waals surface area contributed by atoms with E-state index in [1.165, 1.54) is 145 Å². The quantitative estimate of drug-likeness (QED) is 0.0263. The number of unbranched alkanes of at least 4 members (excludes halogenated alkanes) is 12. The molecule has 318 valence electrons. The summed E-state index contributed by atoms with van der Waals surface area (Å²) in [7, 11) is 0. The van der Waals surface area contributed by atoms with Gasteiger partial charge in [-0.05, 0) is 86.3 Å². The Labute approximate surface area is 366 Å². The average molecular weight is 825 g/mol. The highest BCUT2D eigenvalue weighted by atomic mass is 16.6. The number of fused-ring (bicyclic) bond motifs is 6. The third kappa shape index (κ3) is 10.6. The van der Waals surface area contributed by atoms with Crippen LogP contribution in [-0.2, 0) is 13.1 Å². The van der Waals surface area contributed by atoms with Crippen LogP contribution in [0.1, 0.15) is 89.9 Å². The van der Waals surface area contributed by atoms with E-state index < -0.39 is 4.92 Å². The van der Waals surface area contributed by atoms with Crippen molar-refractivity contribution < 1.29 is 4.92 Å². The summed E-state index contributed by atoms with van der Waals surface area (Å²) in [6.07, 6.45) is 17.7. The lowest BCUT2D eigenvalue weighted by Crippen LogP contribution is -2.25. The monoisotopic (exact) mass is 824 g/mol. The zero-order valence-corrected chi connectivity index (χ0v) is 36.1. The largest absolute Gasteiger partial charge is 0.372 e. The van der Waals surface area contributed by atoms with Crippen molar-refractivity contribution in [2.75, 3.05) is 18.0 Å². The molecule has 0 aliphatic rings. The number of rotatable bonds is 24. The van der Waals surface area contributed by atoms with Crippen molar-refractivity contribution in [1.82, 2.24) is 9.13 Å². The van der Waals surface area contributed by atoms with Gasteiger partial charge in [-0.3, -0.25) is 10.1 Å². The molecule has 0 N–H and O–H groups in total. The van der Waals surface area contributed by atoms with Gasteiger partial charge in [-0.1, -0.05) is 137 Å². The lowest BCUT2D eigenvalue weighted by atomic mass is 10.1. The highest BCUT2D eigenvalue weighted by Gasteiger charge is 2.12. The smallest absolute Gasteiger partial charge is 0.269 e. The van der Waals surface area contributed by atoms with E-state index in [0.29, 0.717) is 5.69 Å². The minimum atomic E-state index is -0.406. The fourth-order valence-electron chi connectivity index (χ4n) is 9.26. The fraction of sp³-hybridized carbons (Fsp3) is 0.333. The van der Waals surface area contributed by atoms with Gasteiger partial charge in [0.05, 0.1) is 16.3 Å². The van der Waals surface area contributed by atoms with Gasteiger partial charge in [-0.15, -0.1) is 0 Å². The first kappa shape index (κ1) is 42.4. The van der Waals surface area contributed by atoms with E-state index in [1.54, 1.807) is 12.1 Å². The van der Waals surface area contributed by atoms with Crippen LogP contribution in [0.3, 0.4) is 0 Å². The molecule has 0 aliphatic carbocycles. The zero-order valence-electron chi connectivity index (χ0n) is 36.1. The first-order valence-electron chi connectivity index (χ1n) is 23.1. The Balaban J connectivity index is 0.767. The molecule has 8 aromatic rings. The van der Waals surface area contributed by atoms with E-state index in [1.807, 2.05) is 12.1 Å². The second kappa shape index (κ2) is 21.5. The van der Waals surface area contributed by atoms with Crippen molar-refractivity contribution in [3.8, 4) is 0 Å². The molecule has 0 unspecified atom stereocenters. The second-order valence-corrected chi connectivity index (χ2v) is 16.8. The molecule has 2 aromatic heterocycles. The summed E-state index contributed by atoms with van der Waals surface area (Å²) < 4.78 is 5.03. The third-order valence-electron chi connectivity index (χ3n) is 12.5. The maximum absolute atomic E-state index is 11.0. The number of benzene rings is 6. The highest BCUT2D eigenvalue weighted by molar-refractivity contribution is 6.08. The summed E-state index contributed by atoms with van der Waals surface area (Å²) >= 11 is 0. The van der Waals surface area contributed by atoms with Crippen LogP contribution >= 0.6 is 0 Å². The molecule has 0 saturated carbocycles. The number of azo groups is 1. The van der Waals surface area contributed by atoms with E-state index >= 15 is 0 Å². The second-order valence-electron chi connectivity index (χ2n) is 16.8. The van der Waals surface area contributed by atoms with E-state index in [-0.39, 0.29) is 5.69 Å². The Hall–Kier alpha value is -6.28. The summed E-state index contributed by atoms with van der Waals surface area (Å²) in [5.41, 5.74) is 8.01. The molecule has 0 aliphatic heterocycles. The SMILES string of the molecule is O=[N+]([O-])c1ccc(N=Nc2ccc(N(CCCCCCCCCCCCn3c4ccccc4c4ccccc43)CCCCCCn3c4ccccc4c4ccccc43)cc2)cc1. The lowest BCUT2D eigenvalue weighted by molar-refractivity contribution is -0.384. The van der Waals surface area contributed by atoms with Gasteiger partial charge in [0, 0.05) is 87.6 Å². The molecule has 0 amide bonds. The Kier molecular flexibility index (Phi) is 14.7. The number of hydrogen-bond donors (Lipinski definition) is 0. The minimum Gasteiger partial charge on any atom is -0.372 e. The van der Waals surface area contributed by atoms with Crippen LogP contribution in [0.5, 0.6) is 0 Å². The Bertz CT molecular complexity index is 2590. The van der Waals surface area contributed by atoms with Crippen molar-refractivity contribution in [3.05, 3.63) is 156 Å². The average Bonchev–Trinajstić information content (AvgIpc) is 3.81. The maximum atomic E-state index is 11.0. The van der Waals surface area contributed by atoms with Crippen LogP contribution in [0.15, 0.2) is 156 Å². The van der Waals surface area contributed by atoms with Crippen LogP contribution in [0.4, 0.5) is 22.7 Å². The lowest BCUT2D eigenvalue weighted by Gasteiger charge is -2.25. The van der Waals surface area contributed by atoms with Crippen LogP contribution < -0.4 is 4.90 Å². The Morgan fingerprint density at radius 2 is 0.726 bits per heavy atom. The number of hydrogen-bond acceptors (Lipinski definition) is 5. The summed E-state index contributed by atoms with van der Waals surface area (Å²) in [5, 5.41) is 25.1. The molecule has 8 heteroatoms. The van der Waals surface area contributed by atoms with E-state index in [0.717, 1.165) is 38.3 Å². The van der Waals surface area contributed by atoms with Crippen LogP contribution in [0.2, 0.25) is 0 Å². The van der Waals surface area contributed by atoms with Crippen molar-refractivity contribution in [2.45, 2.75) is 103 Å². The number of non-ortho nitro benzene ring substituents is 1. The van der Waals surface area contributed by atoms with Gasteiger partial charge >= 0.3 is 0 Å². The van der Waals surface area contributed by atoms with Gasteiger partial charge < -0.3 is 14.0 Å². The Morgan fingerprint density at radius 3 is 1.10 bits per heavy atom. The minimum absolute atomic E-state index is 0.0466. The molecule has 0 bridgehead atoms. The van der Waals surface area contributed by atoms with Crippen molar-refractivity contribution in [3.63, 3.8) is 0 Å². The molecule has 2 heterocycles. The predicted octanol–water partition coefficient (Wildman–Crippen LogP) is 15.9. The Morgan fingerprint density at radius 1 is 0.403 bits per heavy atom. The van der Waals surface area contributed by atoms with Crippen molar-refractivity contribution >= 4 is 66.4 Å². The standard InChI is InChI=1S/C54H60N6O2/c61-60(62)46-37-33-44(34-38-46)56-55-43-31-35-45(36-32-43)57(40-20-9-10-22-42-59-53-29-17-13-25-49(53)50-26-14-18-30-54(50)59)39-19-7-5-3-1-2-4-6-8-21-41-58-51-27-15-11-23-47(51)48-24-12-16-28-52(48)58/h11-18,23-38H,1-10,19-22,39-42H2. The first-order valence-corrected chi connectivity index (χ1v) is 23.1. The van der Waals surface area contributed by atoms with Gasteiger partial charge in [0.1, 0.15) is 0 Å². The molecule has 8 nitrogen and oxygen atoms in total. The molecule has 0 fully saturated rings. The summed E-state index contributed by atoms with van der Waals surface area (Å²) in [6.45, 7) is 4.22. The van der Waals surface area contributed by atoms with Crippen LogP contribution in [0, 0.1) is 10.1 Å². The molecular formula is C54H60N6O2. The molecule has 6 aromatic carbocycles. The van der Waals surface area contributed by atoms with Crippen LogP contribution in [-0.4, -0.2) is 27.1 Å². The van der Waals surface area contributed by atoms with Gasteiger partial charge in [0.15, 0.2) is 0 Å². The summed E-state index contributed by atoms with van der Waals surface area (Å²) in [5.74, 6) is 0. The van der Waals surface area contributed by atoms with Crippen molar-refractivity contribution in [1.29, 1.82) is 0 Å². The molecule has 8 rings (SSSR count). The highest BCUT2D eigenvalue weighted by Crippen LogP contribution is 2.31. The molecule has 62 heavy (non-hydrogen) atoms. The summed E-state index contributed by atoms with van der Waals surface area (Å²) in [4.78, 5) is 13.2. The molecular weight excluding hydrogens is 765 g/mol. The number of anilines is 1. The normalized spacial score (nSPS) is 11.8. The van der Waals surface area contributed by atoms with E-state index in [2.05, 4.69) is 133 Å². The number of aromatic nitrogens is 2. The molecule has 0 spiro atoms. The first-order chi connectivity index (χ1) is 30.6. The number of para-hydroxylation sites is 4. The van der Waals surface area contributed by atoms with E-state index in [9.17, 15) is 10.1 Å². The van der Waals surface area contributed by atoms with Gasteiger partial charge in [-0.25, -0.2) is 0 Å². The topological polar surface area (TPSA) is 81.0 Å². The molecule has 0 atom stereocenters. The van der Waals surface area contributed by atoms with E-state index in [4.69, 9.17) is 0 Å². The molecule has 0 radical (unpaired) electrons. The number of nitro groups is 1. The zero-order chi connectivity index (χ0) is 42.4. The third-order valence-corrected chi connectivity index (χ3v) is 12.5. The number of aryl methyl sites for hydroxylation is 2.